The molecule has 0 aromatic heterocycles. The molecule has 0 spiro atoms. The number of carbonyl (C=O) groups is 2. The molecular weight excluding hydrogens is 334 g/mol. The van der Waals surface area contributed by atoms with Crippen LogP contribution < -0.4 is 5.32 Å². The van der Waals surface area contributed by atoms with Crippen LogP contribution in [0.4, 0.5) is 0 Å². The number of benzene rings is 1. The summed E-state index contributed by atoms with van der Waals surface area (Å²) in [5, 5.41) is 12.1. The Morgan fingerprint density at radius 2 is 1.76 bits per heavy atom. The summed E-state index contributed by atoms with van der Waals surface area (Å²) in [6, 6.07) is 8.35. The zero-order valence-electron chi connectivity index (χ0n) is 16.1. The van der Waals surface area contributed by atoms with E-state index < -0.39 is 20.3 Å². The Morgan fingerprint density at radius 1 is 1.20 bits per heavy atom. The van der Waals surface area contributed by atoms with Crippen LogP contribution in [0, 0.1) is 0 Å². The van der Waals surface area contributed by atoms with Gasteiger partial charge in [-0.1, -0.05) is 51.1 Å². The van der Waals surface area contributed by atoms with E-state index in [9.17, 15) is 14.7 Å². The van der Waals surface area contributed by atoms with Gasteiger partial charge >= 0.3 is 5.97 Å². The largest absolute Gasteiger partial charge is 0.480 e. The molecule has 1 unspecified atom stereocenters. The van der Waals surface area contributed by atoms with E-state index in [1.54, 1.807) is 0 Å². The molecule has 0 saturated heterocycles. The highest BCUT2D eigenvalue weighted by Crippen LogP contribution is 2.37. The SMILES string of the molecule is CC(CC(=O)N[C@@H](Cc1ccccc1)C(=O)O)O[Si](C)(C)C(C)(C)C. The molecule has 140 valence electrons. The minimum atomic E-state index is -1.95. The van der Waals surface area contributed by atoms with Crippen molar-refractivity contribution >= 4 is 20.2 Å². The van der Waals surface area contributed by atoms with Crippen molar-refractivity contribution in [3.63, 3.8) is 0 Å². The van der Waals surface area contributed by atoms with Gasteiger partial charge in [0.2, 0.25) is 5.91 Å². The minimum Gasteiger partial charge on any atom is -0.480 e. The Labute approximate surface area is 151 Å². The summed E-state index contributed by atoms with van der Waals surface area (Å²) in [5.74, 6) is -1.33. The number of nitrogens with one attached hydrogen (secondary N) is 1. The van der Waals surface area contributed by atoms with Crippen LogP contribution >= 0.6 is 0 Å². The Bertz CT molecular complexity index is 581. The Morgan fingerprint density at radius 3 is 2.24 bits per heavy atom. The van der Waals surface area contributed by atoms with Crippen LogP contribution in [-0.4, -0.2) is 37.4 Å². The highest BCUT2D eigenvalue weighted by atomic mass is 28.4. The van der Waals surface area contributed by atoms with E-state index in [0.29, 0.717) is 0 Å². The smallest absolute Gasteiger partial charge is 0.326 e. The monoisotopic (exact) mass is 365 g/mol. The summed E-state index contributed by atoms with van der Waals surface area (Å²) in [6.45, 7) is 12.6. The topological polar surface area (TPSA) is 75.6 Å². The van der Waals surface area contributed by atoms with E-state index in [1.807, 2.05) is 37.3 Å². The second-order valence-electron chi connectivity index (χ2n) is 8.04. The first kappa shape index (κ1) is 21.4. The second-order valence-corrected chi connectivity index (χ2v) is 12.8. The van der Waals surface area contributed by atoms with E-state index in [4.69, 9.17) is 4.43 Å². The first-order valence-corrected chi connectivity index (χ1v) is 11.6. The summed E-state index contributed by atoms with van der Waals surface area (Å²) < 4.78 is 6.16. The van der Waals surface area contributed by atoms with Crippen LogP contribution in [0.1, 0.15) is 39.7 Å². The number of carboxylic acid groups (broad SMARTS) is 1. The summed E-state index contributed by atoms with van der Waals surface area (Å²) >= 11 is 0. The van der Waals surface area contributed by atoms with Gasteiger partial charge in [0.1, 0.15) is 6.04 Å². The third kappa shape index (κ3) is 7.00. The van der Waals surface area contributed by atoms with E-state index in [2.05, 4.69) is 39.2 Å². The number of rotatable bonds is 8. The third-order valence-corrected chi connectivity index (χ3v) is 9.29. The second kappa shape index (κ2) is 8.63. The van der Waals surface area contributed by atoms with Crippen molar-refractivity contribution in [1.82, 2.24) is 5.32 Å². The molecule has 0 bridgehead atoms. The molecule has 0 aliphatic rings. The maximum absolute atomic E-state index is 12.3. The zero-order valence-corrected chi connectivity index (χ0v) is 17.1. The third-order valence-electron chi connectivity index (χ3n) is 4.69. The van der Waals surface area contributed by atoms with Crippen molar-refractivity contribution in [2.45, 2.75) is 70.8 Å². The van der Waals surface area contributed by atoms with Crippen LogP contribution in [-0.2, 0) is 20.4 Å². The van der Waals surface area contributed by atoms with Gasteiger partial charge in [-0.3, -0.25) is 4.79 Å². The van der Waals surface area contributed by atoms with Crippen LogP contribution in [0.25, 0.3) is 0 Å². The Hall–Kier alpha value is -1.66. The lowest BCUT2D eigenvalue weighted by atomic mass is 10.1. The number of amides is 1. The highest BCUT2D eigenvalue weighted by Gasteiger charge is 2.38. The molecule has 0 heterocycles. The maximum atomic E-state index is 12.3. The number of carbonyl (C=O) groups excluding carboxylic acids is 1. The van der Waals surface area contributed by atoms with Gasteiger partial charge in [0, 0.05) is 6.42 Å². The van der Waals surface area contributed by atoms with Crippen LogP contribution in [0.15, 0.2) is 30.3 Å². The molecule has 0 aliphatic carbocycles. The van der Waals surface area contributed by atoms with Gasteiger partial charge in [-0.2, -0.15) is 0 Å². The van der Waals surface area contributed by atoms with Crippen molar-refractivity contribution in [1.29, 1.82) is 0 Å². The molecule has 6 heteroatoms. The normalized spacial score (nSPS) is 14.6. The van der Waals surface area contributed by atoms with Gasteiger partial charge in [-0.05, 0) is 30.6 Å². The van der Waals surface area contributed by atoms with Crippen molar-refractivity contribution < 1.29 is 19.1 Å². The van der Waals surface area contributed by atoms with Crippen LogP contribution in [0.5, 0.6) is 0 Å². The van der Waals surface area contributed by atoms with Gasteiger partial charge < -0.3 is 14.8 Å². The zero-order chi connectivity index (χ0) is 19.3. The van der Waals surface area contributed by atoms with E-state index in [1.165, 1.54) is 0 Å². The van der Waals surface area contributed by atoms with E-state index >= 15 is 0 Å². The van der Waals surface area contributed by atoms with Crippen LogP contribution in [0.2, 0.25) is 18.1 Å². The van der Waals surface area contributed by atoms with Crippen LogP contribution in [0.3, 0.4) is 0 Å². The highest BCUT2D eigenvalue weighted by molar-refractivity contribution is 6.74. The van der Waals surface area contributed by atoms with Crippen molar-refractivity contribution in [2.24, 2.45) is 0 Å². The Balaban J connectivity index is 2.62. The molecule has 5 nitrogen and oxygen atoms in total. The standard InChI is InChI=1S/C19H31NO4Si/c1-14(24-25(5,6)19(2,3)4)12-17(21)20-16(18(22)23)13-15-10-8-7-9-11-15/h7-11,14,16H,12-13H2,1-6H3,(H,20,21)(H,22,23)/t14?,16-/m0/s1. The van der Waals surface area contributed by atoms with Gasteiger partial charge in [-0.25, -0.2) is 4.79 Å². The lowest BCUT2D eigenvalue weighted by Crippen LogP contribution is -2.46. The molecule has 1 rings (SSSR count). The fourth-order valence-electron chi connectivity index (χ4n) is 2.29. The predicted octanol–water partition coefficient (Wildman–Crippen LogP) is 3.60. The molecule has 1 amide bonds. The maximum Gasteiger partial charge on any atom is 0.326 e. The molecular formula is C19H31NO4Si. The lowest BCUT2D eigenvalue weighted by Gasteiger charge is -2.38. The first-order chi connectivity index (χ1) is 11.4. The molecule has 25 heavy (non-hydrogen) atoms. The molecule has 1 aromatic carbocycles. The molecule has 2 N–H and O–H groups in total. The molecule has 2 atom stereocenters. The number of hydrogen-bond acceptors (Lipinski definition) is 3. The molecule has 0 fully saturated rings. The van der Waals surface area contributed by atoms with Gasteiger partial charge in [0.15, 0.2) is 8.32 Å². The van der Waals surface area contributed by atoms with E-state index in [0.717, 1.165) is 5.56 Å². The molecule has 0 radical (unpaired) electrons. The first-order valence-electron chi connectivity index (χ1n) is 8.66. The van der Waals surface area contributed by atoms with Crippen molar-refractivity contribution in [3.8, 4) is 0 Å². The van der Waals surface area contributed by atoms with Crippen molar-refractivity contribution in [3.05, 3.63) is 35.9 Å². The number of hydrogen-bond donors (Lipinski definition) is 2. The number of carboxylic acids is 1. The predicted molar refractivity (Wildman–Crippen MR) is 102 cm³/mol. The summed E-state index contributed by atoms with van der Waals surface area (Å²) in [4.78, 5) is 23.7. The quantitative estimate of drug-likeness (QED) is 0.690. The van der Waals surface area contributed by atoms with Crippen molar-refractivity contribution in [2.75, 3.05) is 0 Å². The summed E-state index contributed by atoms with van der Waals surface area (Å²) in [5.41, 5.74) is 0.876. The molecule has 0 saturated carbocycles. The van der Waals surface area contributed by atoms with E-state index in [-0.39, 0.29) is 29.9 Å². The van der Waals surface area contributed by atoms with Gasteiger partial charge in [-0.15, -0.1) is 0 Å². The minimum absolute atomic E-state index is 0.0641. The average molecular weight is 366 g/mol. The number of aliphatic carboxylic acids is 1. The Kier molecular flexibility index (Phi) is 7.38. The fourth-order valence-corrected chi connectivity index (χ4v) is 3.73. The van der Waals surface area contributed by atoms with Gasteiger partial charge in [0.05, 0.1) is 12.5 Å². The molecule has 0 aliphatic heterocycles. The van der Waals surface area contributed by atoms with Gasteiger partial charge in [0.25, 0.3) is 0 Å². The summed E-state index contributed by atoms with van der Waals surface area (Å²) in [7, 11) is -1.95. The summed E-state index contributed by atoms with van der Waals surface area (Å²) in [6.07, 6.45) is 0.178. The molecule has 1 aromatic rings. The lowest BCUT2D eigenvalue weighted by molar-refractivity contribution is -0.142. The average Bonchev–Trinajstić information content (AvgIpc) is 2.45. The fraction of sp³-hybridized carbons (Fsp3) is 0.579.